The molecule has 2 bridgehead atoms. The van der Waals surface area contributed by atoms with Crippen LogP contribution in [0.25, 0.3) is 0 Å². The smallest absolute Gasteiger partial charge is 0.222 e. The van der Waals surface area contributed by atoms with Crippen molar-refractivity contribution in [1.29, 1.82) is 0 Å². The molecule has 0 aromatic heterocycles. The number of rotatable bonds is 13. The van der Waals surface area contributed by atoms with Crippen molar-refractivity contribution in [2.24, 2.45) is 5.92 Å². The number of aromatic hydroxyl groups is 1. The number of piperidine rings is 1. The van der Waals surface area contributed by atoms with Crippen LogP contribution < -0.4 is 4.74 Å². The fourth-order valence-electron chi connectivity index (χ4n) is 10.7. The number of aryl methyl sites for hydroxylation is 1. The van der Waals surface area contributed by atoms with Gasteiger partial charge < -0.3 is 19.8 Å². The molecular weight excluding hydrogens is 645 g/mol. The van der Waals surface area contributed by atoms with E-state index in [1.807, 2.05) is 12.1 Å². The topological polar surface area (TPSA) is 73.2 Å². The second kappa shape index (κ2) is 13.7. The van der Waals surface area contributed by atoms with Crippen LogP contribution in [0.1, 0.15) is 91.5 Å². The van der Waals surface area contributed by atoms with Crippen molar-refractivity contribution in [2.75, 3.05) is 19.6 Å². The molecule has 270 valence electrons. The van der Waals surface area contributed by atoms with E-state index in [2.05, 4.69) is 94.7 Å². The van der Waals surface area contributed by atoms with E-state index in [0.717, 1.165) is 63.1 Å². The SMILES string of the molecule is O=C(CCCCCc1ccccc1)N(CC(c1ccccc1)c1ccccc1)[C@@H]1CC[C@@]2(O)[C@H]3Cc4ccc(O)c5c4[C@@]2(CCN3CC2CC2)[C@H]1O5. The molecule has 52 heavy (non-hydrogen) atoms. The first-order valence-electron chi connectivity index (χ1n) is 19.9. The van der Waals surface area contributed by atoms with E-state index in [1.54, 1.807) is 6.07 Å². The lowest BCUT2D eigenvalue weighted by atomic mass is 9.48. The predicted octanol–water partition coefficient (Wildman–Crippen LogP) is 7.79. The first kappa shape index (κ1) is 33.7. The third kappa shape index (κ3) is 5.74. The molecule has 5 atom stereocenters. The number of carbonyl (C=O) groups excluding carboxylic acids is 1. The molecule has 3 fully saturated rings. The minimum absolute atomic E-state index is 0.00652. The Morgan fingerprint density at radius 1 is 0.846 bits per heavy atom. The molecule has 2 N–H and O–H groups in total. The van der Waals surface area contributed by atoms with Gasteiger partial charge in [0, 0.05) is 37.0 Å². The van der Waals surface area contributed by atoms with Crippen molar-refractivity contribution < 1.29 is 19.7 Å². The maximum Gasteiger partial charge on any atom is 0.222 e. The Balaban J connectivity index is 1.06. The first-order chi connectivity index (χ1) is 25.5. The summed E-state index contributed by atoms with van der Waals surface area (Å²) in [6.07, 6.45) is 9.30. The minimum atomic E-state index is -0.988. The average molecular weight is 697 g/mol. The van der Waals surface area contributed by atoms with Crippen LogP contribution in [0.5, 0.6) is 11.5 Å². The Kier molecular flexibility index (Phi) is 8.87. The monoisotopic (exact) mass is 696 g/mol. The Labute approximate surface area is 308 Å². The Morgan fingerprint density at radius 3 is 2.23 bits per heavy atom. The van der Waals surface area contributed by atoms with Gasteiger partial charge in [0.15, 0.2) is 11.5 Å². The molecule has 2 aliphatic heterocycles. The van der Waals surface area contributed by atoms with Crippen molar-refractivity contribution in [1.82, 2.24) is 9.80 Å². The van der Waals surface area contributed by atoms with Gasteiger partial charge in [0.05, 0.1) is 17.1 Å². The maximum absolute atomic E-state index is 14.8. The van der Waals surface area contributed by atoms with Gasteiger partial charge in [0.25, 0.3) is 0 Å². The molecule has 0 unspecified atom stereocenters. The van der Waals surface area contributed by atoms with E-state index in [0.29, 0.717) is 31.6 Å². The van der Waals surface area contributed by atoms with E-state index in [-0.39, 0.29) is 29.7 Å². The Hall–Kier alpha value is -4.13. The second-order valence-corrected chi connectivity index (χ2v) is 16.4. The van der Waals surface area contributed by atoms with Crippen LogP contribution in [-0.4, -0.2) is 69.3 Å². The predicted molar refractivity (Wildman–Crippen MR) is 204 cm³/mol. The number of likely N-dealkylation sites (tertiary alicyclic amines) is 1. The number of hydrogen-bond acceptors (Lipinski definition) is 5. The Morgan fingerprint density at radius 2 is 1.54 bits per heavy atom. The summed E-state index contributed by atoms with van der Waals surface area (Å²) in [5, 5.41) is 24.5. The number of nitrogens with zero attached hydrogens (tertiary/aromatic N) is 2. The highest BCUT2D eigenvalue weighted by atomic mass is 16.5. The lowest BCUT2D eigenvalue weighted by Crippen LogP contribution is -2.78. The number of phenols is 1. The summed E-state index contributed by atoms with van der Waals surface area (Å²) in [7, 11) is 0. The van der Waals surface area contributed by atoms with Crippen molar-refractivity contribution in [3.05, 3.63) is 131 Å². The van der Waals surface area contributed by atoms with E-state index < -0.39 is 17.1 Å². The summed E-state index contributed by atoms with van der Waals surface area (Å²) in [4.78, 5) is 19.6. The summed E-state index contributed by atoms with van der Waals surface area (Å²) in [5.41, 5.74) is 4.25. The average Bonchev–Trinajstić information content (AvgIpc) is 3.92. The summed E-state index contributed by atoms with van der Waals surface area (Å²) < 4.78 is 7.01. The zero-order chi connectivity index (χ0) is 35.3. The third-order valence-corrected chi connectivity index (χ3v) is 13.4. The van der Waals surface area contributed by atoms with Crippen molar-refractivity contribution >= 4 is 5.91 Å². The molecule has 6 heteroatoms. The van der Waals surface area contributed by atoms with Gasteiger partial charge in [0.1, 0.15) is 6.10 Å². The summed E-state index contributed by atoms with van der Waals surface area (Å²) in [6, 6.07) is 35.4. The number of benzene rings is 4. The lowest BCUT2D eigenvalue weighted by molar-refractivity contribution is -0.202. The summed E-state index contributed by atoms with van der Waals surface area (Å²) in [5.74, 6) is 1.55. The fraction of sp³-hybridized carbons (Fsp3) is 0.457. The van der Waals surface area contributed by atoms with Crippen LogP contribution >= 0.6 is 0 Å². The number of unbranched alkanes of at least 4 members (excludes halogenated alkanes) is 2. The number of hydrogen-bond donors (Lipinski definition) is 2. The van der Waals surface area contributed by atoms with Gasteiger partial charge in [0.2, 0.25) is 5.91 Å². The zero-order valence-corrected chi connectivity index (χ0v) is 30.2. The van der Waals surface area contributed by atoms with Crippen LogP contribution in [0.3, 0.4) is 0 Å². The molecule has 4 aromatic rings. The van der Waals surface area contributed by atoms with Gasteiger partial charge in [-0.05, 0) is 98.6 Å². The highest BCUT2D eigenvalue weighted by molar-refractivity contribution is 5.77. The van der Waals surface area contributed by atoms with Gasteiger partial charge >= 0.3 is 0 Å². The Bertz CT molecular complexity index is 1840. The van der Waals surface area contributed by atoms with Crippen LogP contribution in [-0.2, 0) is 23.1 Å². The van der Waals surface area contributed by atoms with Crippen molar-refractivity contribution in [3.8, 4) is 11.5 Å². The molecule has 1 spiro atoms. The largest absolute Gasteiger partial charge is 0.504 e. The molecule has 9 rings (SSSR count). The maximum atomic E-state index is 14.8. The first-order valence-corrected chi connectivity index (χ1v) is 19.9. The van der Waals surface area contributed by atoms with Crippen LogP contribution in [0.4, 0.5) is 0 Å². The van der Waals surface area contributed by atoms with E-state index in [1.165, 1.54) is 35.1 Å². The lowest BCUT2D eigenvalue weighted by Gasteiger charge is -2.65. The molecule has 5 aliphatic rings. The van der Waals surface area contributed by atoms with E-state index >= 15 is 0 Å². The summed E-state index contributed by atoms with van der Waals surface area (Å²) >= 11 is 0. The molecule has 1 saturated heterocycles. The highest BCUT2D eigenvalue weighted by Gasteiger charge is 2.73. The number of ether oxygens (including phenoxy) is 1. The number of aliphatic hydroxyl groups is 1. The van der Waals surface area contributed by atoms with E-state index in [4.69, 9.17) is 4.74 Å². The standard InChI is InChI=1S/C46H52N2O4/c49-39-24-23-36-29-40-46(51)26-25-38(44-45(46,42(36)43(39)52-44)27-28-47(40)30-33-21-22-33)48(41(50)20-12-2-7-15-32-13-5-1-6-14-32)31-37(34-16-8-3-9-17-34)35-18-10-4-11-19-35/h1,3-6,8-11,13-14,16-19,23-24,33,37-38,40,44,49,51H,2,7,12,15,20-22,25-31H2/t38-,40-,44+,45+,46-/m1/s1. The molecule has 4 aromatic carbocycles. The normalized spacial score (nSPS) is 27.2. The van der Waals surface area contributed by atoms with Gasteiger partial charge in [-0.25, -0.2) is 0 Å². The molecular formula is C46H52N2O4. The van der Waals surface area contributed by atoms with Gasteiger partial charge in [-0.3, -0.25) is 9.69 Å². The molecule has 0 radical (unpaired) electrons. The minimum Gasteiger partial charge on any atom is -0.504 e. The third-order valence-electron chi connectivity index (χ3n) is 13.4. The molecule has 2 heterocycles. The number of carbonyl (C=O) groups is 1. The van der Waals surface area contributed by atoms with Crippen molar-refractivity contribution in [3.63, 3.8) is 0 Å². The molecule has 2 saturated carbocycles. The molecule has 6 nitrogen and oxygen atoms in total. The zero-order valence-electron chi connectivity index (χ0n) is 30.2. The number of phenolic OH excluding ortho intramolecular Hbond substituents is 1. The fourth-order valence-corrected chi connectivity index (χ4v) is 10.7. The van der Waals surface area contributed by atoms with Crippen molar-refractivity contribution in [2.45, 2.75) is 106 Å². The molecule has 3 aliphatic carbocycles. The second-order valence-electron chi connectivity index (χ2n) is 16.4. The van der Waals surface area contributed by atoms with E-state index in [9.17, 15) is 15.0 Å². The quantitative estimate of drug-likeness (QED) is 0.140. The van der Waals surface area contributed by atoms with Gasteiger partial charge in [-0.1, -0.05) is 103 Å². The highest BCUT2D eigenvalue weighted by Crippen LogP contribution is 2.66. The van der Waals surface area contributed by atoms with Crippen LogP contribution in [0.2, 0.25) is 0 Å². The molecule has 1 amide bonds. The van der Waals surface area contributed by atoms with Crippen LogP contribution in [0, 0.1) is 5.92 Å². The van der Waals surface area contributed by atoms with Gasteiger partial charge in [-0.2, -0.15) is 0 Å². The van der Waals surface area contributed by atoms with Gasteiger partial charge in [-0.15, -0.1) is 0 Å². The number of amides is 1. The van der Waals surface area contributed by atoms with Crippen LogP contribution in [0.15, 0.2) is 103 Å². The summed E-state index contributed by atoms with van der Waals surface area (Å²) in [6.45, 7) is 2.47.